The highest BCUT2D eigenvalue weighted by atomic mass is 32.1. The Kier molecular flexibility index (Phi) is 4.04. The Balaban J connectivity index is 2.02. The van der Waals surface area contributed by atoms with Crippen LogP contribution in [0.5, 0.6) is 0 Å². The molecule has 3 N–H and O–H groups in total. The van der Waals surface area contributed by atoms with Crippen molar-refractivity contribution >= 4 is 27.9 Å². The van der Waals surface area contributed by atoms with Gasteiger partial charge in [0, 0.05) is 20.6 Å². The molecule has 1 aromatic heterocycles. The van der Waals surface area contributed by atoms with Crippen LogP contribution in [-0.4, -0.2) is 31.4 Å². The molecule has 1 heterocycles. The molecular weight excluding hydrogens is 258 g/mol. The summed E-state index contributed by atoms with van der Waals surface area (Å²) in [5.41, 5.74) is 6.96. The fourth-order valence-corrected chi connectivity index (χ4v) is 3.47. The molecular formula is C14H23N3OS. The first kappa shape index (κ1) is 14.2. The predicted octanol–water partition coefficient (Wildman–Crippen LogP) is 3.02. The molecule has 1 amide bonds. The fraction of sp³-hybridized carbons (Fsp3) is 0.643. The maximum absolute atomic E-state index is 11.9. The number of hydrogen-bond donors (Lipinski definition) is 2. The van der Waals surface area contributed by atoms with Gasteiger partial charge in [0.25, 0.3) is 5.91 Å². The van der Waals surface area contributed by atoms with E-state index >= 15 is 0 Å². The maximum atomic E-state index is 11.9. The van der Waals surface area contributed by atoms with E-state index in [9.17, 15) is 4.79 Å². The summed E-state index contributed by atoms with van der Waals surface area (Å²) in [5, 5.41) is 4.46. The zero-order valence-electron chi connectivity index (χ0n) is 12.0. The average molecular weight is 281 g/mol. The van der Waals surface area contributed by atoms with Crippen LogP contribution in [0, 0.1) is 5.41 Å². The zero-order chi connectivity index (χ0) is 14.0. The number of carbonyl (C=O) groups is 1. The van der Waals surface area contributed by atoms with Gasteiger partial charge in [0.15, 0.2) is 0 Å². The van der Waals surface area contributed by atoms with Gasteiger partial charge >= 0.3 is 0 Å². The van der Waals surface area contributed by atoms with Crippen molar-refractivity contribution in [3.63, 3.8) is 0 Å². The lowest BCUT2D eigenvalue weighted by molar-refractivity contribution is 0.0833. The summed E-state index contributed by atoms with van der Waals surface area (Å²) in [6, 6.07) is 1.88. The van der Waals surface area contributed by atoms with Crippen molar-refractivity contribution in [2.75, 3.05) is 31.7 Å². The molecule has 4 nitrogen and oxygen atoms in total. The number of nitrogens with zero attached hydrogens (tertiary/aromatic N) is 1. The number of nitrogen functional groups attached to an aromatic ring is 1. The molecule has 2 rings (SSSR count). The largest absolute Gasteiger partial charge is 0.397 e. The lowest BCUT2D eigenvalue weighted by Crippen LogP contribution is -2.35. The highest BCUT2D eigenvalue weighted by molar-refractivity contribution is 7.18. The number of hydrogen-bond acceptors (Lipinski definition) is 4. The molecule has 0 unspecified atom stereocenters. The molecule has 19 heavy (non-hydrogen) atoms. The molecule has 0 radical (unpaired) electrons. The van der Waals surface area contributed by atoms with E-state index in [1.54, 1.807) is 19.0 Å². The highest BCUT2D eigenvalue weighted by Gasteiger charge is 2.34. The number of nitrogens with one attached hydrogen (secondary N) is 1. The van der Waals surface area contributed by atoms with Gasteiger partial charge in [0.2, 0.25) is 0 Å². The molecule has 106 valence electrons. The predicted molar refractivity (Wildman–Crippen MR) is 81.8 cm³/mol. The first-order valence-electron chi connectivity index (χ1n) is 6.82. The molecule has 1 fully saturated rings. The molecule has 1 aromatic rings. The molecule has 0 saturated heterocycles. The Bertz CT molecular complexity index is 458. The second-order valence-electron chi connectivity index (χ2n) is 5.66. The number of thiophene rings is 1. The molecule has 1 aliphatic rings. The second-order valence-corrected chi connectivity index (χ2v) is 6.71. The smallest absolute Gasteiger partial charge is 0.265 e. The molecule has 5 heteroatoms. The van der Waals surface area contributed by atoms with E-state index in [4.69, 9.17) is 5.73 Å². The third-order valence-electron chi connectivity index (χ3n) is 4.16. The van der Waals surface area contributed by atoms with E-state index in [0.29, 0.717) is 16.0 Å². The van der Waals surface area contributed by atoms with Crippen molar-refractivity contribution in [2.24, 2.45) is 5.41 Å². The van der Waals surface area contributed by atoms with Crippen LogP contribution in [0.1, 0.15) is 42.3 Å². The molecule has 0 spiro atoms. The van der Waals surface area contributed by atoms with Crippen LogP contribution in [0.25, 0.3) is 0 Å². The topological polar surface area (TPSA) is 58.4 Å². The molecule has 0 bridgehead atoms. The van der Waals surface area contributed by atoms with Gasteiger partial charge in [-0.1, -0.05) is 13.3 Å². The summed E-state index contributed by atoms with van der Waals surface area (Å²) in [6.07, 6.45) is 5.17. The number of carbonyl (C=O) groups excluding carboxylic acids is 1. The standard InChI is InChI=1S/C14H23N3OS/c1-4-14(6-5-7-14)9-16-11-8-10(15)12(19-11)13(18)17(2)3/h8,16H,4-7,9,15H2,1-3H3. The van der Waals surface area contributed by atoms with Gasteiger partial charge in [0.1, 0.15) is 4.88 Å². The van der Waals surface area contributed by atoms with E-state index in [0.717, 1.165) is 11.5 Å². The minimum atomic E-state index is -0.0237. The minimum absolute atomic E-state index is 0.0237. The zero-order valence-corrected chi connectivity index (χ0v) is 12.8. The monoisotopic (exact) mass is 281 g/mol. The van der Waals surface area contributed by atoms with Gasteiger partial charge in [-0.15, -0.1) is 11.3 Å². The Hall–Kier alpha value is -1.23. The van der Waals surface area contributed by atoms with Crippen LogP contribution in [0.3, 0.4) is 0 Å². The van der Waals surface area contributed by atoms with E-state index < -0.39 is 0 Å². The molecule has 0 atom stereocenters. The number of amides is 1. The average Bonchev–Trinajstić information content (AvgIpc) is 2.68. The van der Waals surface area contributed by atoms with Gasteiger partial charge in [-0.2, -0.15) is 0 Å². The van der Waals surface area contributed by atoms with Crippen molar-refractivity contribution in [3.8, 4) is 0 Å². The van der Waals surface area contributed by atoms with E-state index in [1.807, 2.05) is 6.07 Å². The molecule has 0 aromatic carbocycles. The molecule has 0 aliphatic heterocycles. The van der Waals surface area contributed by atoms with Crippen LogP contribution < -0.4 is 11.1 Å². The van der Waals surface area contributed by atoms with Crippen molar-refractivity contribution in [2.45, 2.75) is 32.6 Å². The lowest BCUT2D eigenvalue weighted by Gasteiger charge is -2.41. The van der Waals surface area contributed by atoms with Crippen LogP contribution in [0.2, 0.25) is 0 Å². The van der Waals surface area contributed by atoms with Crippen LogP contribution in [0.4, 0.5) is 10.7 Å². The third-order valence-corrected chi connectivity index (χ3v) is 5.26. The lowest BCUT2D eigenvalue weighted by atomic mass is 9.67. The third kappa shape index (κ3) is 2.86. The second kappa shape index (κ2) is 5.41. The summed E-state index contributed by atoms with van der Waals surface area (Å²) in [5.74, 6) is -0.0237. The molecule has 1 aliphatic carbocycles. The van der Waals surface area contributed by atoms with Gasteiger partial charge in [-0.05, 0) is 30.7 Å². The quantitative estimate of drug-likeness (QED) is 0.872. The highest BCUT2D eigenvalue weighted by Crippen LogP contribution is 2.44. The minimum Gasteiger partial charge on any atom is -0.397 e. The van der Waals surface area contributed by atoms with E-state index in [2.05, 4.69) is 12.2 Å². The van der Waals surface area contributed by atoms with Crippen molar-refractivity contribution < 1.29 is 4.79 Å². The fourth-order valence-electron chi connectivity index (χ4n) is 2.47. The van der Waals surface area contributed by atoms with Crippen molar-refractivity contribution in [1.82, 2.24) is 4.90 Å². The van der Waals surface area contributed by atoms with Gasteiger partial charge < -0.3 is 16.0 Å². The Morgan fingerprint density at radius 1 is 1.53 bits per heavy atom. The number of rotatable bonds is 5. The van der Waals surface area contributed by atoms with Crippen molar-refractivity contribution in [1.29, 1.82) is 0 Å². The van der Waals surface area contributed by atoms with Crippen molar-refractivity contribution in [3.05, 3.63) is 10.9 Å². The first-order valence-corrected chi connectivity index (χ1v) is 7.64. The summed E-state index contributed by atoms with van der Waals surface area (Å²) in [4.78, 5) is 14.1. The van der Waals surface area contributed by atoms with Gasteiger partial charge in [0.05, 0.1) is 10.7 Å². The first-order chi connectivity index (χ1) is 8.97. The Morgan fingerprint density at radius 2 is 2.21 bits per heavy atom. The summed E-state index contributed by atoms with van der Waals surface area (Å²) in [6.45, 7) is 3.24. The van der Waals surface area contributed by atoms with Crippen LogP contribution >= 0.6 is 11.3 Å². The molecule has 1 saturated carbocycles. The van der Waals surface area contributed by atoms with Crippen LogP contribution in [0.15, 0.2) is 6.07 Å². The van der Waals surface area contributed by atoms with E-state index in [1.165, 1.54) is 37.0 Å². The van der Waals surface area contributed by atoms with E-state index in [-0.39, 0.29) is 5.91 Å². The number of nitrogens with two attached hydrogens (primary N) is 1. The summed E-state index contributed by atoms with van der Waals surface area (Å²) >= 11 is 1.45. The normalized spacial score (nSPS) is 16.8. The van der Waals surface area contributed by atoms with Gasteiger partial charge in [-0.3, -0.25) is 4.79 Å². The SMILES string of the molecule is CCC1(CNc2cc(N)c(C(=O)N(C)C)s2)CCC1. The Labute approximate surface area is 119 Å². The van der Waals surface area contributed by atoms with Crippen LogP contribution in [-0.2, 0) is 0 Å². The summed E-state index contributed by atoms with van der Waals surface area (Å²) < 4.78 is 0. The van der Waals surface area contributed by atoms with Gasteiger partial charge in [-0.25, -0.2) is 0 Å². The number of anilines is 2. The Morgan fingerprint density at radius 3 is 2.68 bits per heavy atom. The maximum Gasteiger partial charge on any atom is 0.265 e. The summed E-state index contributed by atoms with van der Waals surface area (Å²) in [7, 11) is 3.49.